The molecular weight excluding hydrogens is 591 g/mol. The van der Waals surface area contributed by atoms with Gasteiger partial charge in [-0.1, -0.05) is 138 Å². The van der Waals surface area contributed by atoms with E-state index in [0.29, 0.717) is 0 Å². The molecule has 1 aromatic heterocycles. The lowest BCUT2D eigenvalue weighted by Crippen LogP contribution is -2.18. The maximum absolute atomic E-state index is 2.54. The lowest BCUT2D eigenvalue weighted by Gasteiger charge is -2.31. The molecule has 0 aliphatic carbocycles. The molecule has 7 rings (SSSR count). The van der Waals surface area contributed by atoms with E-state index in [1.807, 2.05) is 0 Å². The Hall–Kier alpha value is -4.10. The van der Waals surface area contributed by atoms with Crippen molar-refractivity contribution in [2.75, 3.05) is 0 Å². The van der Waals surface area contributed by atoms with E-state index in [4.69, 9.17) is 0 Å². The molecule has 1 heterocycles. The number of fused-ring (bicyclic) bond motifs is 5. The van der Waals surface area contributed by atoms with Crippen molar-refractivity contribution in [2.45, 2.75) is 119 Å². The minimum atomic E-state index is -0.0293. The molecule has 0 spiro atoms. The average molecular weight is 646 g/mol. The highest BCUT2D eigenvalue weighted by Gasteiger charge is 2.30. The Morgan fingerprint density at radius 1 is 0.367 bits per heavy atom. The quantitative estimate of drug-likeness (QED) is 0.157. The Labute approximate surface area is 294 Å². The highest BCUT2D eigenvalue weighted by Crippen LogP contribution is 2.47. The highest BCUT2D eigenvalue weighted by molar-refractivity contribution is 6.12. The zero-order chi connectivity index (χ0) is 35.6. The van der Waals surface area contributed by atoms with Crippen LogP contribution in [0, 0.1) is 13.8 Å². The van der Waals surface area contributed by atoms with Gasteiger partial charge in [0.05, 0.1) is 5.52 Å². The lowest BCUT2D eigenvalue weighted by molar-refractivity contribution is 0.593. The molecule has 0 aliphatic rings. The van der Waals surface area contributed by atoms with Gasteiger partial charge in [0.2, 0.25) is 0 Å². The predicted octanol–water partition coefficient (Wildman–Crippen LogP) is 14.1. The van der Waals surface area contributed by atoms with Crippen molar-refractivity contribution in [3.8, 4) is 5.69 Å². The van der Waals surface area contributed by atoms with Crippen LogP contribution in [0.5, 0.6) is 0 Å². The van der Waals surface area contributed by atoms with Gasteiger partial charge in [-0.25, -0.2) is 0 Å². The van der Waals surface area contributed by atoms with Crippen LogP contribution in [0.2, 0.25) is 0 Å². The summed E-state index contributed by atoms with van der Waals surface area (Å²) in [5.41, 5.74) is 10.9. The summed E-state index contributed by atoms with van der Waals surface area (Å²) < 4.78 is 2.54. The van der Waals surface area contributed by atoms with Gasteiger partial charge in [-0.15, -0.1) is 0 Å². The summed E-state index contributed by atoms with van der Waals surface area (Å²) in [6.45, 7) is 33.1. The van der Waals surface area contributed by atoms with Crippen LogP contribution in [-0.4, -0.2) is 4.57 Å². The number of benzene rings is 6. The molecule has 0 bridgehead atoms. The van der Waals surface area contributed by atoms with Crippen molar-refractivity contribution in [1.29, 1.82) is 0 Å². The Balaban J connectivity index is 1.66. The van der Waals surface area contributed by atoms with Crippen LogP contribution < -0.4 is 0 Å². The summed E-state index contributed by atoms with van der Waals surface area (Å²) in [7, 11) is 0. The van der Waals surface area contributed by atoms with E-state index < -0.39 is 0 Å². The molecule has 1 heteroatoms. The molecule has 0 amide bonds. The van der Waals surface area contributed by atoms with Crippen LogP contribution in [0.15, 0.2) is 78.9 Å². The van der Waals surface area contributed by atoms with Gasteiger partial charge in [0.15, 0.2) is 0 Å². The van der Waals surface area contributed by atoms with Gasteiger partial charge >= 0.3 is 0 Å². The lowest BCUT2D eigenvalue weighted by atomic mass is 9.74. The first-order valence-corrected chi connectivity index (χ1v) is 18.2. The van der Waals surface area contributed by atoms with Crippen molar-refractivity contribution >= 4 is 54.0 Å². The number of aryl methyl sites for hydroxylation is 1. The molecule has 0 radical (unpaired) electrons. The summed E-state index contributed by atoms with van der Waals surface area (Å²) in [5.74, 6) is 0. The number of rotatable bonds is 1. The fourth-order valence-electron chi connectivity index (χ4n) is 9.11. The van der Waals surface area contributed by atoms with Gasteiger partial charge in [0.25, 0.3) is 0 Å². The van der Waals surface area contributed by atoms with Crippen LogP contribution in [0.25, 0.3) is 59.7 Å². The summed E-state index contributed by atoms with van der Waals surface area (Å²) >= 11 is 0. The minimum Gasteiger partial charge on any atom is -0.314 e. The average Bonchev–Trinajstić information content (AvgIpc) is 3.22. The van der Waals surface area contributed by atoms with Crippen molar-refractivity contribution in [1.82, 2.24) is 4.57 Å². The van der Waals surface area contributed by atoms with Crippen molar-refractivity contribution in [2.24, 2.45) is 0 Å². The second-order valence-electron chi connectivity index (χ2n) is 18.8. The Morgan fingerprint density at radius 3 is 1.12 bits per heavy atom. The van der Waals surface area contributed by atoms with E-state index in [-0.39, 0.29) is 21.7 Å². The molecule has 0 unspecified atom stereocenters. The smallest absolute Gasteiger partial charge is 0.0540 e. The Kier molecular flexibility index (Phi) is 7.29. The third-order valence-electron chi connectivity index (χ3n) is 10.9. The zero-order valence-corrected chi connectivity index (χ0v) is 32.5. The molecule has 0 fully saturated rings. The van der Waals surface area contributed by atoms with E-state index in [1.54, 1.807) is 0 Å². The normalized spacial score (nSPS) is 13.5. The first kappa shape index (κ1) is 33.4. The van der Waals surface area contributed by atoms with E-state index in [2.05, 4.69) is 180 Å². The minimum absolute atomic E-state index is 0.00174. The monoisotopic (exact) mass is 645 g/mol. The second kappa shape index (κ2) is 10.7. The van der Waals surface area contributed by atoms with Crippen LogP contribution in [0.4, 0.5) is 0 Å². The molecule has 1 nitrogen and oxygen atoms in total. The third kappa shape index (κ3) is 5.10. The molecule has 0 atom stereocenters. The molecular formula is C48H55N. The van der Waals surface area contributed by atoms with Gasteiger partial charge < -0.3 is 4.57 Å². The fraction of sp³-hybridized carbons (Fsp3) is 0.375. The van der Waals surface area contributed by atoms with E-state index in [0.717, 1.165) is 0 Å². The van der Waals surface area contributed by atoms with Crippen LogP contribution in [-0.2, 0) is 21.7 Å². The van der Waals surface area contributed by atoms with Gasteiger partial charge in [-0.05, 0) is 131 Å². The number of aromatic nitrogens is 1. The summed E-state index contributed by atoms with van der Waals surface area (Å²) in [6.07, 6.45) is 0. The molecule has 0 saturated heterocycles. The van der Waals surface area contributed by atoms with Gasteiger partial charge in [-0.2, -0.15) is 0 Å². The van der Waals surface area contributed by atoms with Gasteiger partial charge in [0, 0.05) is 16.8 Å². The van der Waals surface area contributed by atoms with Gasteiger partial charge in [-0.3, -0.25) is 0 Å². The Morgan fingerprint density at radius 2 is 0.714 bits per heavy atom. The number of hydrogen-bond donors (Lipinski definition) is 0. The predicted molar refractivity (Wildman–Crippen MR) is 218 cm³/mol. The standard InChI is InChI=1S/C48H55N/c1-28-29(2)49(30-23-24-35-37(25-30)42(46(6,7)8)32-20-16-15-19-31(32)41(35)45(3,4)5)40-27-39-38(26-36(28)40)43(47(9,10)11)33-21-17-18-22-34(33)44(39)48(12,13)14/h15-27H,1-14H3. The van der Waals surface area contributed by atoms with E-state index in [1.165, 1.54) is 93.2 Å². The van der Waals surface area contributed by atoms with Crippen LogP contribution in [0.3, 0.4) is 0 Å². The first-order valence-electron chi connectivity index (χ1n) is 18.2. The second-order valence-corrected chi connectivity index (χ2v) is 18.8. The summed E-state index contributed by atoms with van der Waals surface area (Å²) in [6, 6.07) is 30.5. The largest absolute Gasteiger partial charge is 0.314 e. The maximum atomic E-state index is 2.54. The Bertz CT molecular complexity index is 2470. The van der Waals surface area contributed by atoms with Gasteiger partial charge in [0.1, 0.15) is 0 Å². The number of nitrogens with zero attached hydrogens (tertiary/aromatic N) is 1. The molecule has 6 aromatic carbocycles. The van der Waals surface area contributed by atoms with E-state index in [9.17, 15) is 0 Å². The molecule has 0 aliphatic heterocycles. The summed E-state index contributed by atoms with van der Waals surface area (Å²) in [4.78, 5) is 0. The summed E-state index contributed by atoms with van der Waals surface area (Å²) in [5, 5.41) is 12.3. The highest BCUT2D eigenvalue weighted by atomic mass is 15.0. The zero-order valence-electron chi connectivity index (χ0n) is 32.5. The molecule has 49 heavy (non-hydrogen) atoms. The SMILES string of the molecule is Cc1c(C)n(-c2ccc3c(C(C)(C)C)c4ccccc4c(C(C)(C)C)c3c2)c2cc3c(C(C)(C)C)c4ccccc4c(C(C)(C)C)c3cc12. The van der Waals surface area contributed by atoms with Crippen molar-refractivity contribution in [3.63, 3.8) is 0 Å². The molecule has 252 valence electrons. The molecule has 0 saturated carbocycles. The molecule has 0 N–H and O–H groups in total. The topological polar surface area (TPSA) is 4.93 Å². The van der Waals surface area contributed by atoms with Crippen LogP contribution in [0.1, 0.15) is 117 Å². The van der Waals surface area contributed by atoms with Crippen LogP contribution >= 0.6 is 0 Å². The number of hydrogen-bond acceptors (Lipinski definition) is 0. The maximum Gasteiger partial charge on any atom is 0.0540 e. The van der Waals surface area contributed by atoms with Crippen molar-refractivity contribution in [3.05, 3.63) is 112 Å². The van der Waals surface area contributed by atoms with Crippen molar-refractivity contribution < 1.29 is 0 Å². The fourth-order valence-corrected chi connectivity index (χ4v) is 9.11. The first-order chi connectivity index (χ1) is 22.7. The third-order valence-corrected chi connectivity index (χ3v) is 10.9. The molecule has 7 aromatic rings. The van der Waals surface area contributed by atoms with E-state index >= 15 is 0 Å².